The Labute approximate surface area is 102 Å². The van der Waals surface area contributed by atoms with Gasteiger partial charge in [-0.2, -0.15) is 0 Å². The van der Waals surface area contributed by atoms with Gasteiger partial charge >= 0.3 is 0 Å². The lowest BCUT2D eigenvalue weighted by Gasteiger charge is -2.39. The molecule has 2 nitrogen and oxygen atoms in total. The minimum absolute atomic E-state index is 0.370. The van der Waals surface area contributed by atoms with Gasteiger partial charge in [0.2, 0.25) is 0 Å². The summed E-state index contributed by atoms with van der Waals surface area (Å²) in [5.74, 6) is 0.616. The molecule has 2 N–H and O–H groups in total. The zero-order valence-corrected chi connectivity index (χ0v) is 11.3. The predicted octanol–water partition coefficient (Wildman–Crippen LogP) is 3.15. The Bertz CT molecular complexity index is 357. The maximum Gasteiger partial charge on any atom is 0.0897 e. The fourth-order valence-electron chi connectivity index (χ4n) is 2.75. The molecule has 0 spiro atoms. The van der Waals surface area contributed by atoms with Gasteiger partial charge in [-0.25, -0.2) is 4.98 Å². The summed E-state index contributed by atoms with van der Waals surface area (Å²) < 4.78 is 0. The van der Waals surface area contributed by atoms with Crippen LogP contribution in [0.4, 0.5) is 0 Å². The molecular formula is C13H22N2S. The summed E-state index contributed by atoms with van der Waals surface area (Å²) in [6.07, 6.45) is 4.74. The first-order chi connectivity index (χ1) is 7.46. The Morgan fingerprint density at radius 2 is 2.31 bits per heavy atom. The number of aryl methyl sites for hydroxylation is 1. The molecule has 0 aromatic carbocycles. The summed E-state index contributed by atoms with van der Waals surface area (Å²) in [4.78, 5) is 4.55. The number of hydrogen-bond acceptors (Lipinski definition) is 3. The van der Waals surface area contributed by atoms with Gasteiger partial charge in [-0.05, 0) is 43.9 Å². The van der Waals surface area contributed by atoms with Crippen molar-refractivity contribution in [1.29, 1.82) is 0 Å². The third-order valence-corrected chi connectivity index (χ3v) is 4.53. The molecule has 1 aromatic rings. The van der Waals surface area contributed by atoms with Crippen LogP contribution in [0.2, 0.25) is 0 Å². The molecule has 0 aliphatic heterocycles. The van der Waals surface area contributed by atoms with E-state index in [1.807, 2.05) is 0 Å². The predicted molar refractivity (Wildman–Crippen MR) is 69.7 cm³/mol. The van der Waals surface area contributed by atoms with Crippen LogP contribution in [-0.2, 0) is 6.42 Å². The standard InChI is InChI=1S/C13H22N2S/c1-9-15-11(8-16-9)6-10-7-13(2,3)5-4-12(10)14/h8,10,12H,4-7,14H2,1-3H3. The highest BCUT2D eigenvalue weighted by Gasteiger charge is 2.33. The number of aromatic nitrogens is 1. The van der Waals surface area contributed by atoms with Gasteiger partial charge in [0.05, 0.1) is 10.7 Å². The van der Waals surface area contributed by atoms with E-state index in [0.717, 1.165) is 6.42 Å². The molecule has 0 bridgehead atoms. The van der Waals surface area contributed by atoms with Gasteiger partial charge in [-0.3, -0.25) is 0 Å². The van der Waals surface area contributed by atoms with Crippen LogP contribution in [0.1, 0.15) is 43.8 Å². The molecule has 0 radical (unpaired) electrons. The van der Waals surface area contributed by atoms with E-state index < -0.39 is 0 Å². The molecule has 16 heavy (non-hydrogen) atoms. The van der Waals surface area contributed by atoms with Crippen LogP contribution in [0.5, 0.6) is 0 Å². The van der Waals surface area contributed by atoms with Crippen molar-refractivity contribution in [2.75, 3.05) is 0 Å². The largest absolute Gasteiger partial charge is 0.327 e. The molecule has 1 aliphatic carbocycles. The Balaban J connectivity index is 2.02. The third-order valence-electron chi connectivity index (χ3n) is 3.71. The van der Waals surface area contributed by atoms with E-state index >= 15 is 0 Å². The molecule has 90 valence electrons. The fraction of sp³-hybridized carbons (Fsp3) is 0.769. The fourth-order valence-corrected chi connectivity index (χ4v) is 3.38. The SMILES string of the molecule is Cc1nc(CC2CC(C)(C)CCC2N)cs1. The van der Waals surface area contributed by atoms with Crippen molar-refractivity contribution in [2.45, 2.75) is 52.5 Å². The van der Waals surface area contributed by atoms with Gasteiger partial charge in [-0.15, -0.1) is 11.3 Å². The highest BCUT2D eigenvalue weighted by Crippen LogP contribution is 2.39. The number of hydrogen-bond donors (Lipinski definition) is 1. The first-order valence-corrected chi connectivity index (χ1v) is 7.01. The Morgan fingerprint density at radius 3 is 2.94 bits per heavy atom. The summed E-state index contributed by atoms with van der Waals surface area (Å²) >= 11 is 1.74. The van der Waals surface area contributed by atoms with Crippen LogP contribution in [0, 0.1) is 18.3 Å². The number of thiazole rings is 1. The van der Waals surface area contributed by atoms with Crippen LogP contribution in [0.15, 0.2) is 5.38 Å². The van der Waals surface area contributed by atoms with E-state index in [1.54, 1.807) is 11.3 Å². The number of nitrogens with zero attached hydrogens (tertiary/aromatic N) is 1. The van der Waals surface area contributed by atoms with Crippen molar-refractivity contribution in [1.82, 2.24) is 4.98 Å². The van der Waals surface area contributed by atoms with Crippen molar-refractivity contribution in [3.05, 3.63) is 16.1 Å². The molecule has 0 amide bonds. The quantitative estimate of drug-likeness (QED) is 0.859. The molecule has 0 saturated heterocycles. The summed E-state index contributed by atoms with van der Waals surface area (Å²) in [7, 11) is 0. The molecule has 1 aliphatic rings. The van der Waals surface area contributed by atoms with Crippen molar-refractivity contribution in [2.24, 2.45) is 17.1 Å². The Kier molecular flexibility index (Phi) is 3.36. The normalized spacial score (nSPS) is 29.2. The second-order valence-corrected chi connectivity index (χ2v) is 6.96. The topological polar surface area (TPSA) is 38.9 Å². The smallest absolute Gasteiger partial charge is 0.0897 e. The van der Waals surface area contributed by atoms with E-state index in [2.05, 4.69) is 31.1 Å². The highest BCUT2D eigenvalue weighted by atomic mass is 32.1. The van der Waals surface area contributed by atoms with E-state index in [4.69, 9.17) is 5.73 Å². The van der Waals surface area contributed by atoms with Gasteiger partial charge in [0.15, 0.2) is 0 Å². The summed E-state index contributed by atoms with van der Waals surface area (Å²) in [5, 5.41) is 3.35. The number of rotatable bonds is 2. The molecule has 3 heteroatoms. The Morgan fingerprint density at radius 1 is 1.56 bits per heavy atom. The van der Waals surface area contributed by atoms with Gasteiger partial charge in [-0.1, -0.05) is 13.8 Å². The van der Waals surface area contributed by atoms with E-state index in [9.17, 15) is 0 Å². The van der Waals surface area contributed by atoms with Crippen molar-refractivity contribution in [3.63, 3.8) is 0 Å². The monoisotopic (exact) mass is 238 g/mol. The maximum atomic E-state index is 6.23. The molecule has 2 rings (SSSR count). The third kappa shape index (κ3) is 2.83. The zero-order chi connectivity index (χ0) is 11.8. The van der Waals surface area contributed by atoms with Gasteiger partial charge in [0, 0.05) is 11.4 Å². The average molecular weight is 238 g/mol. The van der Waals surface area contributed by atoms with E-state index in [0.29, 0.717) is 17.4 Å². The summed E-state index contributed by atoms with van der Waals surface area (Å²) in [6, 6.07) is 0.370. The van der Waals surface area contributed by atoms with E-state index in [1.165, 1.54) is 30.0 Å². The Hall–Kier alpha value is -0.410. The molecule has 1 fully saturated rings. The first kappa shape index (κ1) is 12.1. The average Bonchev–Trinajstić information content (AvgIpc) is 2.58. The summed E-state index contributed by atoms with van der Waals surface area (Å²) in [6.45, 7) is 6.79. The number of nitrogens with two attached hydrogens (primary N) is 1. The van der Waals surface area contributed by atoms with E-state index in [-0.39, 0.29) is 0 Å². The molecule has 2 atom stereocenters. The first-order valence-electron chi connectivity index (χ1n) is 6.13. The molecule has 1 saturated carbocycles. The second kappa shape index (κ2) is 4.46. The van der Waals surface area contributed by atoms with Crippen LogP contribution >= 0.6 is 11.3 Å². The lowest BCUT2D eigenvalue weighted by Crippen LogP contribution is -2.40. The van der Waals surface area contributed by atoms with Crippen LogP contribution in [0.3, 0.4) is 0 Å². The molecule has 1 aromatic heterocycles. The minimum Gasteiger partial charge on any atom is -0.327 e. The lowest BCUT2D eigenvalue weighted by molar-refractivity contribution is 0.156. The van der Waals surface area contributed by atoms with Crippen molar-refractivity contribution in [3.8, 4) is 0 Å². The van der Waals surface area contributed by atoms with Crippen LogP contribution in [-0.4, -0.2) is 11.0 Å². The molecular weight excluding hydrogens is 216 g/mol. The molecule has 1 heterocycles. The highest BCUT2D eigenvalue weighted by molar-refractivity contribution is 7.09. The van der Waals surface area contributed by atoms with Crippen LogP contribution in [0.25, 0.3) is 0 Å². The molecule has 2 unspecified atom stereocenters. The van der Waals surface area contributed by atoms with Crippen LogP contribution < -0.4 is 5.73 Å². The second-order valence-electron chi connectivity index (χ2n) is 5.89. The minimum atomic E-state index is 0.370. The van der Waals surface area contributed by atoms with Gasteiger partial charge in [0.1, 0.15) is 0 Å². The van der Waals surface area contributed by atoms with Gasteiger partial charge < -0.3 is 5.73 Å². The van der Waals surface area contributed by atoms with Crippen molar-refractivity contribution < 1.29 is 0 Å². The zero-order valence-electron chi connectivity index (χ0n) is 10.5. The van der Waals surface area contributed by atoms with Crippen molar-refractivity contribution >= 4 is 11.3 Å². The summed E-state index contributed by atoms with van der Waals surface area (Å²) in [5.41, 5.74) is 7.93. The van der Waals surface area contributed by atoms with Gasteiger partial charge in [0.25, 0.3) is 0 Å². The lowest BCUT2D eigenvalue weighted by atomic mass is 9.69. The maximum absolute atomic E-state index is 6.23.